The summed E-state index contributed by atoms with van der Waals surface area (Å²) in [4.78, 5) is 30.3. The molecule has 0 spiro atoms. The molecule has 13 nitrogen and oxygen atoms in total. The van der Waals surface area contributed by atoms with Crippen LogP contribution in [-0.4, -0.2) is 56.2 Å². The summed E-state index contributed by atoms with van der Waals surface area (Å²) in [6.45, 7) is 5.60. The van der Waals surface area contributed by atoms with Crippen LogP contribution in [0, 0.1) is 5.21 Å². The largest absolute Gasteiger partial charge is 0.569 e. The van der Waals surface area contributed by atoms with Gasteiger partial charge in [0, 0.05) is 12.1 Å². The lowest BCUT2D eigenvalue weighted by molar-refractivity contribution is -0.710. The van der Waals surface area contributed by atoms with Gasteiger partial charge in [-0.2, -0.15) is 0 Å². The first-order valence-corrected chi connectivity index (χ1v) is 15.7. The Balaban J connectivity index is 1.38. The van der Waals surface area contributed by atoms with Crippen molar-refractivity contribution in [3.05, 3.63) is 99.2 Å². The molecule has 3 aromatic carbocycles. The van der Waals surface area contributed by atoms with Gasteiger partial charge in [-0.15, -0.1) is 5.01 Å². The standard InChI is InChI=1S/C29H33ClN6O7S/c1-4-34(5-2)36(39)33-43-19-42-29(38)24-11-8-9-21(16-24)18-31-44(40,41)27-17-23(13-14-25(27)30)28(37)32-35-20(3)15-22-10-6-7-12-26(22)35/h6-14,16-17,20,31H,4-5,15,18-19H2,1-3H3,(H,32,37)/b36-33-. The van der Waals surface area contributed by atoms with Crippen LogP contribution in [0.1, 0.15) is 52.6 Å². The maximum atomic E-state index is 13.2. The number of hydrogen-bond donors (Lipinski definition) is 2. The summed E-state index contributed by atoms with van der Waals surface area (Å²) in [6.07, 6.45) is 0.764. The van der Waals surface area contributed by atoms with Gasteiger partial charge in [0.25, 0.3) is 12.7 Å². The van der Waals surface area contributed by atoms with Crippen LogP contribution in [0.2, 0.25) is 5.02 Å². The van der Waals surface area contributed by atoms with E-state index in [2.05, 4.69) is 15.4 Å². The van der Waals surface area contributed by atoms with Crippen molar-refractivity contribution in [3.8, 4) is 0 Å². The predicted molar refractivity (Wildman–Crippen MR) is 162 cm³/mol. The molecule has 0 fully saturated rings. The number of fused-ring (bicyclic) bond motifs is 1. The van der Waals surface area contributed by atoms with E-state index in [1.54, 1.807) is 31.0 Å². The Morgan fingerprint density at radius 2 is 1.84 bits per heavy atom. The van der Waals surface area contributed by atoms with Crippen molar-refractivity contribution in [3.63, 3.8) is 0 Å². The second-order valence-electron chi connectivity index (χ2n) is 9.81. The molecule has 0 aromatic heterocycles. The Bertz CT molecular complexity index is 1650. The monoisotopic (exact) mass is 644 g/mol. The minimum absolute atomic E-state index is 0.0184. The first-order valence-electron chi connectivity index (χ1n) is 13.8. The molecule has 0 saturated heterocycles. The number of hydrogen-bond acceptors (Lipinski definition) is 9. The lowest BCUT2D eigenvalue weighted by atomic mass is 10.1. The van der Waals surface area contributed by atoms with Crippen LogP contribution in [0.3, 0.4) is 0 Å². The van der Waals surface area contributed by atoms with Crippen LogP contribution in [0.5, 0.6) is 0 Å². The van der Waals surface area contributed by atoms with Gasteiger partial charge in [0.2, 0.25) is 15.3 Å². The van der Waals surface area contributed by atoms with Gasteiger partial charge in [0.05, 0.1) is 40.4 Å². The number of nitrogens with one attached hydrogen (secondary N) is 2. The van der Waals surface area contributed by atoms with Crippen molar-refractivity contribution >= 4 is 39.2 Å². The summed E-state index contributed by atoms with van der Waals surface area (Å²) in [5, 5.41) is 18.1. The summed E-state index contributed by atoms with van der Waals surface area (Å²) in [5.41, 5.74) is 5.54. The van der Waals surface area contributed by atoms with E-state index in [-0.39, 0.29) is 38.6 Å². The molecule has 1 aliphatic rings. The first kappa shape index (κ1) is 32.5. The van der Waals surface area contributed by atoms with Crippen molar-refractivity contribution in [2.75, 3.05) is 24.9 Å². The van der Waals surface area contributed by atoms with E-state index in [0.29, 0.717) is 18.7 Å². The third-order valence-electron chi connectivity index (χ3n) is 6.88. The molecule has 0 radical (unpaired) electrons. The van der Waals surface area contributed by atoms with Crippen LogP contribution in [0.25, 0.3) is 0 Å². The predicted octanol–water partition coefficient (Wildman–Crippen LogP) is 4.18. The zero-order valence-electron chi connectivity index (χ0n) is 24.4. The zero-order valence-corrected chi connectivity index (χ0v) is 26.0. The molecule has 3 aromatic rings. The van der Waals surface area contributed by atoms with E-state index in [4.69, 9.17) is 21.2 Å². The second kappa shape index (κ2) is 14.4. The average molecular weight is 645 g/mol. The van der Waals surface area contributed by atoms with Crippen molar-refractivity contribution in [2.24, 2.45) is 5.28 Å². The molecule has 1 heterocycles. The number of rotatable bonds is 13. The number of anilines is 1. The first-order chi connectivity index (χ1) is 21.0. The van der Waals surface area contributed by atoms with Gasteiger partial charge in [-0.05, 0) is 74.7 Å². The molecule has 1 unspecified atom stereocenters. The molecule has 15 heteroatoms. The third-order valence-corrected chi connectivity index (χ3v) is 8.77. The number of hydrazine groups is 2. The normalized spacial score (nSPS) is 14.6. The molecule has 1 aliphatic heterocycles. The van der Waals surface area contributed by atoms with Crippen molar-refractivity contribution < 1.29 is 32.6 Å². The van der Waals surface area contributed by atoms with Gasteiger partial charge < -0.3 is 14.8 Å². The minimum atomic E-state index is -4.16. The molecule has 0 bridgehead atoms. The Kier molecular flexibility index (Phi) is 10.6. The fourth-order valence-electron chi connectivity index (χ4n) is 4.58. The third kappa shape index (κ3) is 7.75. The molecule has 1 amide bonds. The molecular formula is C29H33ClN6O7S. The maximum Gasteiger partial charge on any atom is 0.341 e. The molecule has 234 valence electrons. The van der Waals surface area contributed by atoms with Crippen LogP contribution >= 0.6 is 11.6 Å². The van der Waals surface area contributed by atoms with Gasteiger partial charge in [-0.3, -0.25) is 15.2 Å². The minimum Gasteiger partial charge on any atom is -0.569 e. The van der Waals surface area contributed by atoms with E-state index in [1.807, 2.05) is 31.2 Å². The van der Waals surface area contributed by atoms with Gasteiger partial charge in [0.15, 0.2) is 0 Å². The fourth-order valence-corrected chi connectivity index (χ4v) is 6.12. The highest BCUT2D eigenvalue weighted by atomic mass is 35.5. The Morgan fingerprint density at radius 3 is 2.59 bits per heavy atom. The van der Waals surface area contributed by atoms with E-state index in [9.17, 15) is 23.2 Å². The van der Waals surface area contributed by atoms with Crippen LogP contribution in [0.15, 0.2) is 76.9 Å². The SMILES string of the molecule is CCN(CC)/[N+]([O-])=N/OCOC(=O)c1cccc(CNS(=O)(=O)c2cc(C(=O)NN3c4ccccc4CC3C)ccc2Cl)c1. The molecule has 0 saturated carbocycles. The second-order valence-corrected chi connectivity index (χ2v) is 12.0. The molecular weight excluding hydrogens is 612 g/mol. The summed E-state index contributed by atoms with van der Waals surface area (Å²) < 4.78 is 33.9. The molecule has 2 N–H and O–H groups in total. The van der Waals surface area contributed by atoms with Gasteiger partial charge in [0.1, 0.15) is 4.90 Å². The highest BCUT2D eigenvalue weighted by Crippen LogP contribution is 2.30. The lowest BCUT2D eigenvalue weighted by Gasteiger charge is -2.25. The van der Waals surface area contributed by atoms with Crippen LogP contribution < -0.4 is 15.2 Å². The number of carbonyl (C=O) groups is 2. The Morgan fingerprint density at radius 1 is 1.09 bits per heavy atom. The van der Waals surface area contributed by atoms with Crippen molar-refractivity contribution in [1.29, 1.82) is 0 Å². The van der Waals surface area contributed by atoms with Crippen LogP contribution in [0.4, 0.5) is 5.69 Å². The van der Waals surface area contributed by atoms with E-state index >= 15 is 0 Å². The number of sulfonamides is 1. The van der Waals surface area contributed by atoms with Crippen LogP contribution in [-0.2, 0) is 32.6 Å². The average Bonchev–Trinajstić information content (AvgIpc) is 3.33. The quantitative estimate of drug-likeness (QED) is 0.0696. The number of carbonyl (C=O) groups excluding carboxylic acids is 2. The summed E-state index contributed by atoms with van der Waals surface area (Å²) in [6, 6.07) is 17.9. The molecule has 1 atom stereocenters. The Labute approximate surface area is 260 Å². The van der Waals surface area contributed by atoms with Gasteiger partial charge >= 0.3 is 5.97 Å². The van der Waals surface area contributed by atoms with Gasteiger partial charge in [-0.1, -0.05) is 41.9 Å². The van der Waals surface area contributed by atoms with Gasteiger partial charge in [-0.25, -0.2) is 17.9 Å². The number of nitrogens with zero attached hydrogens (tertiary/aromatic N) is 4. The molecule has 0 aliphatic carbocycles. The Hall–Kier alpha value is -4.40. The fraction of sp³-hybridized carbons (Fsp3) is 0.310. The van der Waals surface area contributed by atoms with Crippen molar-refractivity contribution in [2.45, 2.75) is 44.7 Å². The maximum absolute atomic E-state index is 13.2. The number of ether oxygens (including phenoxy) is 1. The van der Waals surface area contributed by atoms with E-state index in [0.717, 1.165) is 17.7 Å². The number of amides is 1. The summed E-state index contributed by atoms with van der Waals surface area (Å²) in [7, 11) is -4.16. The number of esters is 1. The number of para-hydroxylation sites is 1. The highest BCUT2D eigenvalue weighted by Gasteiger charge is 2.28. The molecule has 44 heavy (non-hydrogen) atoms. The lowest BCUT2D eigenvalue weighted by Crippen LogP contribution is -2.45. The summed E-state index contributed by atoms with van der Waals surface area (Å²) >= 11 is 6.24. The van der Waals surface area contributed by atoms with E-state index < -0.39 is 28.7 Å². The molecule has 4 rings (SSSR count). The number of halogens is 1. The topological polar surface area (TPSA) is 156 Å². The summed E-state index contributed by atoms with van der Waals surface area (Å²) in [5.74, 6) is -1.25. The van der Waals surface area contributed by atoms with Crippen molar-refractivity contribution in [1.82, 2.24) is 15.2 Å². The number of benzene rings is 3. The highest BCUT2D eigenvalue weighted by molar-refractivity contribution is 7.89. The smallest absolute Gasteiger partial charge is 0.341 e. The van der Waals surface area contributed by atoms with E-state index in [1.165, 1.54) is 35.3 Å². The zero-order chi connectivity index (χ0) is 31.9.